The largest absolute Gasteiger partial charge is 0.367 e. The standard InChI is InChI=1S/C25H23N5O3/c26-12-18-9-17(13-28-14-18)10-25(33)30-8-6-19-3-1-2-4-21(19)22(30)16-29-24(32)11-20-15-27-7-5-23(20)31/h1-5,7,9,13-15,22H,6,8,10-11,16H2,(H,27,31)(H,29,32). The Morgan fingerprint density at radius 2 is 2.06 bits per heavy atom. The second-order valence-corrected chi connectivity index (χ2v) is 7.94. The third-order valence-corrected chi connectivity index (χ3v) is 5.76. The van der Waals surface area contributed by atoms with E-state index in [1.807, 2.05) is 30.3 Å². The minimum absolute atomic E-state index is 0.0366. The lowest BCUT2D eigenvalue weighted by atomic mass is 9.92. The topological polar surface area (TPSA) is 119 Å². The summed E-state index contributed by atoms with van der Waals surface area (Å²) in [6.45, 7) is 0.767. The maximum absolute atomic E-state index is 13.2. The van der Waals surface area contributed by atoms with Gasteiger partial charge in [0.25, 0.3) is 0 Å². The van der Waals surface area contributed by atoms with Crippen LogP contribution in [0.25, 0.3) is 0 Å². The molecule has 3 heterocycles. The first-order valence-electron chi connectivity index (χ1n) is 10.7. The van der Waals surface area contributed by atoms with Crippen LogP contribution in [0.1, 0.15) is 33.9 Å². The lowest BCUT2D eigenvalue weighted by Gasteiger charge is -2.37. The van der Waals surface area contributed by atoms with E-state index in [0.717, 1.165) is 17.5 Å². The summed E-state index contributed by atoms with van der Waals surface area (Å²) in [5, 5.41) is 12.0. The second kappa shape index (κ2) is 9.92. The maximum atomic E-state index is 13.2. The Labute approximate surface area is 190 Å². The molecule has 2 amide bonds. The minimum atomic E-state index is -0.326. The van der Waals surface area contributed by atoms with Crippen molar-refractivity contribution in [1.29, 1.82) is 5.26 Å². The molecule has 0 bridgehead atoms. The quantitative estimate of drug-likeness (QED) is 0.603. The van der Waals surface area contributed by atoms with Gasteiger partial charge < -0.3 is 15.2 Å². The van der Waals surface area contributed by atoms with E-state index in [4.69, 9.17) is 5.26 Å². The number of carbonyl (C=O) groups is 2. The molecule has 0 saturated carbocycles. The van der Waals surface area contributed by atoms with Crippen LogP contribution in [0.2, 0.25) is 0 Å². The number of H-pyrrole nitrogens is 1. The maximum Gasteiger partial charge on any atom is 0.227 e. The number of amides is 2. The van der Waals surface area contributed by atoms with Crippen molar-refractivity contribution in [3.63, 3.8) is 0 Å². The minimum Gasteiger partial charge on any atom is -0.367 e. The number of aromatic nitrogens is 2. The molecule has 0 aliphatic carbocycles. The number of nitriles is 1. The van der Waals surface area contributed by atoms with Crippen LogP contribution in [0.5, 0.6) is 0 Å². The van der Waals surface area contributed by atoms with Gasteiger partial charge >= 0.3 is 0 Å². The Bertz CT molecular complexity index is 1280. The van der Waals surface area contributed by atoms with E-state index in [-0.39, 0.29) is 42.7 Å². The van der Waals surface area contributed by atoms with Gasteiger partial charge in [-0.1, -0.05) is 24.3 Å². The van der Waals surface area contributed by atoms with Gasteiger partial charge in [0.2, 0.25) is 11.8 Å². The Balaban J connectivity index is 1.51. The molecule has 8 heteroatoms. The fraction of sp³-hybridized carbons (Fsp3) is 0.240. The number of aromatic amines is 1. The summed E-state index contributed by atoms with van der Waals surface area (Å²) in [6.07, 6.45) is 6.90. The summed E-state index contributed by atoms with van der Waals surface area (Å²) in [4.78, 5) is 46.3. The molecule has 0 fully saturated rings. The molecule has 2 N–H and O–H groups in total. The van der Waals surface area contributed by atoms with Crippen molar-refractivity contribution in [3.05, 3.63) is 99.2 Å². The van der Waals surface area contributed by atoms with Crippen LogP contribution in [-0.4, -0.2) is 39.8 Å². The summed E-state index contributed by atoms with van der Waals surface area (Å²) < 4.78 is 0. The predicted molar refractivity (Wildman–Crippen MR) is 121 cm³/mol. The Kier molecular flexibility index (Phi) is 6.60. The summed E-state index contributed by atoms with van der Waals surface area (Å²) in [6, 6.07) is 12.7. The van der Waals surface area contributed by atoms with Gasteiger partial charge in [-0.05, 0) is 29.2 Å². The van der Waals surface area contributed by atoms with Crippen LogP contribution >= 0.6 is 0 Å². The van der Waals surface area contributed by atoms with Crippen molar-refractivity contribution < 1.29 is 9.59 Å². The summed E-state index contributed by atoms with van der Waals surface area (Å²) in [5.74, 6) is -0.381. The fourth-order valence-corrected chi connectivity index (χ4v) is 4.13. The Morgan fingerprint density at radius 3 is 2.88 bits per heavy atom. The van der Waals surface area contributed by atoms with Crippen molar-refractivity contribution in [1.82, 2.24) is 20.2 Å². The first-order valence-corrected chi connectivity index (χ1v) is 10.7. The van der Waals surface area contributed by atoms with Crippen LogP contribution in [0, 0.1) is 11.3 Å². The Hall–Kier alpha value is -4.25. The number of rotatable bonds is 6. The van der Waals surface area contributed by atoms with Gasteiger partial charge in [-0.25, -0.2) is 0 Å². The van der Waals surface area contributed by atoms with E-state index in [2.05, 4.69) is 15.3 Å². The lowest BCUT2D eigenvalue weighted by Crippen LogP contribution is -2.46. The third kappa shape index (κ3) is 5.15. The van der Waals surface area contributed by atoms with Gasteiger partial charge in [-0.15, -0.1) is 0 Å². The zero-order chi connectivity index (χ0) is 23.2. The predicted octanol–water partition coefficient (Wildman–Crippen LogP) is 1.67. The van der Waals surface area contributed by atoms with E-state index in [1.54, 1.807) is 17.2 Å². The zero-order valence-electron chi connectivity index (χ0n) is 18.0. The molecule has 3 aromatic rings. The summed E-state index contributed by atoms with van der Waals surface area (Å²) >= 11 is 0. The van der Waals surface area contributed by atoms with Crippen LogP contribution < -0.4 is 10.7 Å². The van der Waals surface area contributed by atoms with Gasteiger partial charge in [-0.3, -0.25) is 19.4 Å². The molecular formula is C25H23N5O3. The lowest BCUT2D eigenvalue weighted by molar-refractivity contribution is -0.134. The molecule has 8 nitrogen and oxygen atoms in total. The smallest absolute Gasteiger partial charge is 0.227 e. The molecule has 1 unspecified atom stereocenters. The number of fused-ring (bicyclic) bond motifs is 1. The molecule has 1 atom stereocenters. The molecule has 1 aliphatic rings. The van der Waals surface area contributed by atoms with Crippen molar-refractivity contribution in [2.45, 2.75) is 25.3 Å². The molecule has 33 heavy (non-hydrogen) atoms. The number of nitrogens with zero attached hydrogens (tertiary/aromatic N) is 3. The first-order chi connectivity index (χ1) is 16.0. The number of benzene rings is 1. The second-order valence-electron chi connectivity index (χ2n) is 7.94. The number of hydrogen-bond acceptors (Lipinski definition) is 5. The van der Waals surface area contributed by atoms with Crippen molar-refractivity contribution >= 4 is 11.8 Å². The SMILES string of the molecule is N#Cc1cncc(CC(=O)N2CCc3ccccc3C2CNC(=O)Cc2c[nH]ccc2=O)c1. The number of hydrogen-bond donors (Lipinski definition) is 2. The Morgan fingerprint density at radius 1 is 1.21 bits per heavy atom. The van der Waals surface area contributed by atoms with Crippen molar-refractivity contribution in [3.8, 4) is 6.07 Å². The number of pyridine rings is 2. The normalized spacial score (nSPS) is 14.8. The molecule has 1 aliphatic heterocycles. The molecule has 4 rings (SSSR count). The highest BCUT2D eigenvalue weighted by Crippen LogP contribution is 2.30. The zero-order valence-corrected chi connectivity index (χ0v) is 18.0. The van der Waals surface area contributed by atoms with Gasteiger partial charge in [0, 0.05) is 49.5 Å². The van der Waals surface area contributed by atoms with E-state index in [0.29, 0.717) is 23.2 Å². The third-order valence-electron chi connectivity index (χ3n) is 5.76. The van der Waals surface area contributed by atoms with Crippen molar-refractivity contribution in [2.75, 3.05) is 13.1 Å². The van der Waals surface area contributed by atoms with E-state index in [1.165, 1.54) is 24.7 Å². The molecule has 0 spiro atoms. The molecule has 0 radical (unpaired) electrons. The average molecular weight is 441 g/mol. The van der Waals surface area contributed by atoms with Gasteiger partial charge in [0.05, 0.1) is 24.4 Å². The highest BCUT2D eigenvalue weighted by atomic mass is 16.2. The van der Waals surface area contributed by atoms with Crippen molar-refractivity contribution in [2.24, 2.45) is 0 Å². The highest BCUT2D eigenvalue weighted by Gasteiger charge is 2.31. The fourth-order valence-electron chi connectivity index (χ4n) is 4.13. The summed E-state index contributed by atoms with van der Waals surface area (Å²) in [5.41, 5.74) is 3.41. The first kappa shape index (κ1) is 22.0. The summed E-state index contributed by atoms with van der Waals surface area (Å²) in [7, 11) is 0. The van der Waals surface area contributed by atoms with Crippen LogP contribution in [0.3, 0.4) is 0 Å². The van der Waals surface area contributed by atoms with Crippen LogP contribution in [-0.2, 0) is 28.9 Å². The van der Waals surface area contributed by atoms with E-state index < -0.39 is 0 Å². The highest BCUT2D eigenvalue weighted by molar-refractivity contribution is 5.80. The van der Waals surface area contributed by atoms with Crippen LogP contribution in [0.15, 0.2) is 66.0 Å². The molecule has 1 aromatic carbocycles. The van der Waals surface area contributed by atoms with E-state index >= 15 is 0 Å². The molecular weight excluding hydrogens is 418 g/mol. The van der Waals surface area contributed by atoms with Gasteiger partial charge in [-0.2, -0.15) is 5.26 Å². The monoisotopic (exact) mass is 441 g/mol. The molecule has 0 saturated heterocycles. The van der Waals surface area contributed by atoms with Gasteiger partial charge in [0.15, 0.2) is 5.43 Å². The molecule has 2 aromatic heterocycles. The van der Waals surface area contributed by atoms with Crippen LogP contribution in [0.4, 0.5) is 0 Å². The van der Waals surface area contributed by atoms with Gasteiger partial charge in [0.1, 0.15) is 6.07 Å². The number of nitrogens with one attached hydrogen (secondary N) is 2. The number of carbonyl (C=O) groups excluding carboxylic acids is 2. The van der Waals surface area contributed by atoms with E-state index in [9.17, 15) is 14.4 Å². The average Bonchev–Trinajstić information content (AvgIpc) is 2.84. The molecule has 166 valence electrons.